The zero-order valence-electron chi connectivity index (χ0n) is 7.86. The van der Waals surface area contributed by atoms with Gasteiger partial charge in [-0.3, -0.25) is 4.79 Å². The summed E-state index contributed by atoms with van der Waals surface area (Å²) in [7, 11) is 0. The van der Waals surface area contributed by atoms with Crippen LogP contribution in [0, 0.1) is 0 Å². The van der Waals surface area contributed by atoms with Crippen molar-refractivity contribution in [1.82, 2.24) is 0 Å². The fourth-order valence-electron chi connectivity index (χ4n) is 1.47. The van der Waals surface area contributed by atoms with Gasteiger partial charge in [0, 0.05) is 6.42 Å². The third-order valence-corrected chi connectivity index (χ3v) is 2.21. The molecule has 1 aromatic carbocycles. The van der Waals surface area contributed by atoms with E-state index in [2.05, 4.69) is 6.92 Å². The number of rotatable bonds is 4. The van der Waals surface area contributed by atoms with Gasteiger partial charge in [0.25, 0.3) is 0 Å². The SMILES string of the molecule is CCC(CC(N)=O)c1ccccc1. The molecule has 0 spiro atoms. The predicted molar refractivity (Wildman–Crippen MR) is 53.3 cm³/mol. The van der Waals surface area contributed by atoms with Crippen molar-refractivity contribution in [2.24, 2.45) is 5.73 Å². The Morgan fingerprint density at radius 1 is 1.38 bits per heavy atom. The summed E-state index contributed by atoms with van der Waals surface area (Å²) in [5, 5.41) is 0. The van der Waals surface area contributed by atoms with Gasteiger partial charge in [0.05, 0.1) is 0 Å². The van der Waals surface area contributed by atoms with Gasteiger partial charge in [-0.05, 0) is 17.9 Å². The molecule has 1 rings (SSSR count). The minimum Gasteiger partial charge on any atom is -0.370 e. The first-order chi connectivity index (χ1) is 6.24. The van der Waals surface area contributed by atoms with Crippen molar-refractivity contribution in [3.05, 3.63) is 35.9 Å². The van der Waals surface area contributed by atoms with Crippen molar-refractivity contribution < 1.29 is 4.79 Å². The summed E-state index contributed by atoms with van der Waals surface area (Å²) in [6, 6.07) is 10.0. The lowest BCUT2D eigenvalue weighted by molar-refractivity contribution is -0.118. The summed E-state index contributed by atoms with van der Waals surface area (Å²) < 4.78 is 0. The lowest BCUT2D eigenvalue weighted by Crippen LogP contribution is -2.14. The molecule has 0 aromatic heterocycles. The van der Waals surface area contributed by atoms with Crippen molar-refractivity contribution in [2.75, 3.05) is 0 Å². The lowest BCUT2D eigenvalue weighted by Gasteiger charge is -2.12. The molecule has 1 aromatic rings. The summed E-state index contributed by atoms with van der Waals surface area (Å²) in [4.78, 5) is 10.8. The van der Waals surface area contributed by atoms with Crippen molar-refractivity contribution in [3.63, 3.8) is 0 Å². The Labute approximate surface area is 78.8 Å². The number of benzene rings is 1. The predicted octanol–water partition coefficient (Wildman–Crippen LogP) is 2.06. The largest absolute Gasteiger partial charge is 0.370 e. The molecule has 0 bridgehead atoms. The van der Waals surface area contributed by atoms with E-state index in [0.29, 0.717) is 6.42 Å². The van der Waals surface area contributed by atoms with E-state index in [1.165, 1.54) is 5.56 Å². The van der Waals surface area contributed by atoms with Crippen molar-refractivity contribution in [2.45, 2.75) is 25.7 Å². The fourth-order valence-corrected chi connectivity index (χ4v) is 1.47. The average Bonchev–Trinajstić information content (AvgIpc) is 2.15. The van der Waals surface area contributed by atoms with Crippen LogP contribution in [-0.2, 0) is 4.79 Å². The highest BCUT2D eigenvalue weighted by Gasteiger charge is 2.11. The number of amides is 1. The van der Waals surface area contributed by atoms with Crippen LogP contribution in [-0.4, -0.2) is 5.91 Å². The van der Waals surface area contributed by atoms with Gasteiger partial charge in [-0.1, -0.05) is 37.3 Å². The number of nitrogens with two attached hydrogens (primary N) is 1. The Bertz CT molecular complexity index is 269. The van der Waals surface area contributed by atoms with E-state index < -0.39 is 0 Å². The molecule has 13 heavy (non-hydrogen) atoms. The van der Waals surface area contributed by atoms with Crippen molar-refractivity contribution >= 4 is 5.91 Å². The standard InChI is InChI=1S/C11H15NO/c1-2-9(8-11(12)13)10-6-4-3-5-7-10/h3-7,9H,2,8H2,1H3,(H2,12,13). The Hall–Kier alpha value is -1.31. The molecule has 0 aliphatic rings. The number of primary amides is 1. The van der Waals surface area contributed by atoms with Crippen molar-refractivity contribution in [1.29, 1.82) is 0 Å². The quantitative estimate of drug-likeness (QED) is 0.751. The monoisotopic (exact) mass is 177 g/mol. The first-order valence-corrected chi connectivity index (χ1v) is 4.57. The maximum atomic E-state index is 10.8. The van der Waals surface area contributed by atoms with Crippen LogP contribution in [0.4, 0.5) is 0 Å². The molecule has 70 valence electrons. The van der Waals surface area contributed by atoms with Crippen LogP contribution >= 0.6 is 0 Å². The molecule has 2 N–H and O–H groups in total. The third kappa shape index (κ3) is 2.90. The minimum absolute atomic E-state index is 0.226. The average molecular weight is 177 g/mol. The van der Waals surface area contributed by atoms with E-state index in [9.17, 15) is 4.79 Å². The van der Waals surface area contributed by atoms with Crippen LogP contribution in [0.15, 0.2) is 30.3 Å². The van der Waals surface area contributed by atoms with E-state index >= 15 is 0 Å². The Balaban J connectivity index is 2.73. The highest BCUT2D eigenvalue weighted by Crippen LogP contribution is 2.22. The summed E-state index contributed by atoms with van der Waals surface area (Å²) in [6.45, 7) is 2.07. The Morgan fingerprint density at radius 2 is 2.00 bits per heavy atom. The van der Waals surface area contributed by atoms with Gasteiger partial charge in [0.2, 0.25) is 5.91 Å². The molecule has 1 unspecified atom stereocenters. The van der Waals surface area contributed by atoms with Gasteiger partial charge >= 0.3 is 0 Å². The molecule has 0 fully saturated rings. The summed E-state index contributed by atoms with van der Waals surface area (Å²) in [5.41, 5.74) is 6.37. The topological polar surface area (TPSA) is 43.1 Å². The molecule has 2 nitrogen and oxygen atoms in total. The molecule has 0 aliphatic heterocycles. The van der Waals surface area contributed by atoms with E-state index in [4.69, 9.17) is 5.73 Å². The van der Waals surface area contributed by atoms with Gasteiger partial charge in [0.15, 0.2) is 0 Å². The number of hydrogen-bond donors (Lipinski definition) is 1. The van der Waals surface area contributed by atoms with Crippen LogP contribution in [0.2, 0.25) is 0 Å². The van der Waals surface area contributed by atoms with Crippen LogP contribution in [0.3, 0.4) is 0 Å². The first-order valence-electron chi connectivity index (χ1n) is 4.57. The fraction of sp³-hybridized carbons (Fsp3) is 0.364. The van der Waals surface area contributed by atoms with E-state index in [-0.39, 0.29) is 11.8 Å². The summed E-state index contributed by atoms with van der Waals surface area (Å²) in [5.74, 6) is 0.0504. The molecule has 1 amide bonds. The normalized spacial score (nSPS) is 12.4. The molecular formula is C11H15NO. The van der Waals surface area contributed by atoms with E-state index in [0.717, 1.165) is 6.42 Å². The Morgan fingerprint density at radius 3 is 2.46 bits per heavy atom. The maximum absolute atomic E-state index is 10.8. The van der Waals surface area contributed by atoms with Crippen LogP contribution < -0.4 is 5.73 Å². The van der Waals surface area contributed by atoms with Gasteiger partial charge < -0.3 is 5.73 Å². The second-order valence-corrected chi connectivity index (χ2v) is 3.19. The molecule has 2 heteroatoms. The maximum Gasteiger partial charge on any atom is 0.218 e. The molecule has 0 saturated heterocycles. The molecular weight excluding hydrogens is 162 g/mol. The van der Waals surface area contributed by atoms with Gasteiger partial charge in [0.1, 0.15) is 0 Å². The first kappa shape index (κ1) is 9.78. The summed E-state index contributed by atoms with van der Waals surface area (Å²) in [6.07, 6.45) is 1.40. The number of carbonyl (C=O) groups excluding carboxylic acids is 1. The van der Waals surface area contributed by atoms with Crippen LogP contribution in [0.25, 0.3) is 0 Å². The van der Waals surface area contributed by atoms with Gasteiger partial charge in [-0.25, -0.2) is 0 Å². The van der Waals surface area contributed by atoms with Gasteiger partial charge in [-0.15, -0.1) is 0 Å². The highest BCUT2D eigenvalue weighted by molar-refractivity contribution is 5.74. The second-order valence-electron chi connectivity index (χ2n) is 3.19. The third-order valence-electron chi connectivity index (χ3n) is 2.21. The smallest absolute Gasteiger partial charge is 0.218 e. The molecule has 0 aliphatic carbocycles. The van der Waals surface area contributed by atoms with Crippen LogP contribution in [0.5, 0.6) is 0 Å². The molecule has 0 radical (unpaired) electrons. The van der Waals surface area contributed by atoms with Crippen LogP contribution in [0.1, 0.15) is 31.2 Å². The minimum atomic E-state index is -0.226. The van der Waals surface area contributed by atoms with E-state index in [1.54, 1.807) is 0 Å². The molecule has 0 heterocycles. The number of carbonyl (C=O) groups is 1. The number of hydrogen-bond acceptors (Lipinski definition) is 1. The van der Waals surface area contributed by atoms with Crippen molar-refractivity contribution in [3.8, 4) is 0 Å². The highest BCUT2D eigenvalue weighted by atomic mass is 16.1. The zero-order valence-corrected chi connectivity index (χ0v) is 7.86. The molecule has 0 saturated carbocycles. The molecule has 1 atom stereocenters. The van der Waals surface area contributed by atoms with Gasteiger partial charge in [-0.2, -0.15) is 0 Å². The Kier molecular flexibility index (Phi) is 3.50. The second kappa shape index (κ2) is 4.65. The lowest BCUT2D eigenvalue weighted by atomic mass is 9.93. The zero-order chi connectivity index (χ0) is 9.68. The summed E-state index contributed by atoms with van der Waals surface area (Å²) >= 11 is 0. The van der Waals surface area contributed by atoms with E-state index in [1.807, 2.05) is 30.3 Å².